The number of rotatable bonds is 8. The molecule has 0 unspecified atom stereocenters. The van der Waals surface area contributed by atoms with Gasteiger partial charge in [-0.15, -0.1) is 0 Å². The first-order valence-electron chi connectivity index (χ1n) is 13.6. The molecule has 1 saturated heterocycles. The fourth-order valence-electron chi connectivity index (χ4n) is 4.95. The first-order valence-corrected chi connectivity index (χ1v) is 13.6. The number of aliphatic imine (C=N–C) groups is 1. The maximum Gasteiger partial charge on any atom is 0.140 e. The van der Waals surface area contributed by atoms with Crippen molar-refractivity contribution in [3.63, 3.8) is 0 Å². The van der Waals surface area contributed by atoms with Gasteiger partial charge in [-0.1, -0.05) is 6.08 Å². The number of anilines is 4. The second-order valence-electron chi connectivity index (χ2n) is 9.85. The first kappa shape index (κ1) is 26.2. The Morgan fingerprint density at radius 1 is 1.02 bits per heavy atom. The Morgan fingerprint density at radius 3 is 2.63 bits per heavy atom. The van der Waals surface area contributed by atoms with Crippen molar-refractivity contribution in [3.05, 3.63) is 90.4 Å². The monoisotopic (exact) mass is 544 g/mol. The zero-order valence-electron chi connectivity index (χ0n) is 23.2. The van der Waals surface area contributed by atoms with E-state index >= 15 is 0 Å². The van der Waals surface area contributed by atoms with Crippen molar-refractivity contribution in [1.82, 2.24) is 19.9 Å². The van der Waals surface area contributed by atoms with Gasteiger partial charge in [-0.25, -0.2) is 9.97 Å². The minimum Gasteiger partial charge on any atom is -0.378 e. The molecule has 1 aliphatic rings. The molecule has 9 heteroatoms. The number of morpholine rings is 1. The van der Waals surface area contributed by atoms with Crippen molar-refractivity contribution < 1.29 is 4.74 Å². The summed E-state index contributed by atoms with van der Waals surface area (Å²) in [6.45, 7) is 11.0. The van der Waals surface area contributed by atoms with Crippen LogP contribution in [0.5, 0.6) is 0 Å². The molecule has 0 atom stereocenters. The molecule has 0 spiro atoms. The standard InChI is InChI=1S/C32H32N8O/c1-4-27(26-19-25(7-9-28(26)33-3)40-13-15-41-16-14-40)37-31-10-5-22(20-35-31)32-38-29-8-6-23(18-30(29)39-32)36-24-11-12-34-21(2)17-24/h4-12,17-20H,3,13-16H2,1-2H3,(H,34,36)(H,35,37)(H,38,39)/b27-4+. The van der Waals surface area contributed by atoms with Crippen LogP contribution in [0, 0.1) is 6.92 Å². The Balaban J connectivity index is 1.20. The molecule has 1 fully saturated rings. The third-order valence-electron chi connectivity index (χ3n) is 7.07. The average Bonchev–Trinajstić information content (AvgIpc) is 3.44. The number of ether oxygens (including phenoxy) is 1. The lowest BCUT2D eigenvalue weighted by molar-refractivity contribution is 0.122. The summed E-state index contributed by atoms with van der Waals surface area (Å²) in [6, 6.07) is 20.3. The van der Waals surface area contributed by atoms with Crippen LogP contribution in [0.2, 0.25) is 0 Å². The number of fused-ring (bicyclic) bond motifs is 1. The van der Waals surface area contributed by atoms with Gasteiger partial charge >= 0.3 is 0 Å². The summed E-state index contributed by atoms with van der Waals surface area (Å²) in [5, 5.41) is 6.89. The molecule has 2 aromatic carbocycles. The fourth-order valence-corrected chi connectivity index (χ4v) is 4.95. The number of hydrogen-bond donors (Lipinski definition) is 3. The summed E-state index contributed by atoms with van der Waals surface area (Å²) in [6.07, 6.45) is 5.65. The van der Waals surface area contributed by atoms with Gasteiger partial charge in [-0.3, -0.25) is 9.98 Å². The number of nitrogens with zero attached hydrogens (tertiary/aromatic N) is 5. The lowest BCUT2D eigenvalue weighted by Crippen LogP contribution is -2.36. The molecule has 0 radical (unpaired) electrons. The van der Waals surface area contributed by atoms with Crippen LogP contribution in [0.4, 0.5) is 28.6 Å². The number of nitrogens with one attached hydrogen (secondary N) is 3. The summed E-state index contributed by atoms with van der Waals surface area (Å²) in [7, 11) is 0. The number of imidazole rings is 1. The molecular formula is C32H32N8O. The molecule has 6 rings (SSSR count). The predicted octanol–water partition coefficient (Wildman–Crippen LogP) is 6.71. The molecule has 206 valence electrons. The van der Waals surface area contributed by atoms with Crippen molar-refractivity contribution in [2.75, 3.05) is 41.8 Å². The van der Waals surface area contributed by atoms with E-state index in [1.54, 1.807) is 6.20 Å². The minimum absolute atomic E-state index is 0.726. The normalized spacial score (nSPS) is 13.8. The van der Waals surface area contributed by atoms with E-state index in [1.165, 1.54) is 0 Å². The van der Waals surface area contributed by atoms with E-state index in [0.29, 0.717) is 0 Å². The number of pyridine rings is 2. The first-order chi connectivity index (χ1) is 20.1. The fraction of sp³-hybridized carbons (Fsp3) is 0.188. The average molecular weight is 545 g/mol. The second kappa shape index (κ2) is 11.6. The van der Waals surface area contributed by atoms with Gasteiger partial charge in [0.15, 0.2) is 0 Å². The van der Waals surface area contributed by atoms with E-state index in [0.717, 1.165) is 94.2 Å². The molecule has 1 aliphatic heterocycles. The molecule has 4 heterocycles. The van der Waals surface area contributed by atoms with E-state index in [9.17, 15) is 0 Å². The zero-order chi connectivity index (χ0) is 28.2. The molecule has 0 bridgehead atoms. The Bertz CT molecular complexity index is 1720. The summed E-state index contributed by atoms with van der Waals surface area (Å²) in [5.74, 6) is 1.49. The predicted molar refractivity (Wildman–Crippen MR) is 168 cm³/mol. The van der Waals surface area contributed by atoms with Gasteiger partial charge < -0.3 is 25.3 Å². The topological polar surface area (TPSA) is 103 Å². The van der Waals surface area contributed by atoms with Crippen molar-refractivity contribution in [2.24, 2.45) is 4.99 Å². The number of hydrogen-bond acceptors (Lipinski definition) is 8. The second-order valence-corrected chi connectivity index (χ2v) is 9.85. The van der Waals surface area contributed by atoms with Crippen LogP contribution < -0.4 is 15.5 Å². The zero-order valence-corrected chi connectivity index (χ0v) is 23.2. The lowest BCUT2D eigenvalue weighted by Gasteiger charge is -2.29. The number of aromatic nitrogens is 4. The molecule has 9 nitrogen and oxygen atoms in total. The quantitative estimate of drug-likeness (QED) is 0.187. The smallest absolute Gasteiger partial charge is 0.140 e. The number of H-pyrrole nitrogens is 1. The summed E-state index contributed by atoms with van der Waals surface area (Å²) >= 11 is 0. The molecule has 3 aromatic heterocycles. The Hall–Kier alpha value is -5.02. The van der Waals surface area contributed by atoms with Crippen LogP contribution in [0.25, 0.3) is 28.1 Å². The molecule has 3 N–H and O–H groups in total. The van der Waals surface area contributed by atoms with Gasteiger partial charge in [0.2, 0.25) is 0 Å². The van der Waals surface area contributed by atoms with Crippen LogP contribution in [0.1, 0.15) is 18.2 Å². The third-order valence-corrected chi connectivity index (χ3v) is 7.07. The van der Waals surface area contributed by atoms with Gasteiger partial charge in [-0.2, -0.15) is 0 Å². The number of aromatic amines is 1. The maximum absolute atomic E-state index is 5.52. The van der Waals surface area contributed by atoms with E-state index in [1.807, 2.05) is 68.6 Å². The van der Waals surface area contributed by atoms with Crippen LogP contribution in [-0.2, 0) is 4.74 Å². The van der Waals surface area contributed by atoms with Crippen LogP contribution >= 0.6 is 0 Å². The van der Waals surface area contributed by atoms with Crippen LogP contribution in [-0.4, -0.2) is 53.0 Å². The Kier molecular flexibility index (Phi) is 7.42. The van der Waals surface area contributed by atoms with Gasteiger partial charge in [0.25, 0.3) is 0 Å². The van der Waals surface area contributed by atoms with Crippen LogP contribution in [0.15, 0.2) is 84.1 Å². The van der Waals surface area contributed by atoms with Crippen molar-refractivity contribution in [2.45, 2.75) is 13.8 Å². The molecule has 0 amide bonds. The SMILES string of the molecule is C=Nc1ccc(N2CCOCC2)cc1/C(=C\C)Nc1ccc(-c2nc3ccc(Nc4ccnc(C)c4)cc3[nH]2)cn1. The van der Waals surface area contributed by atoms with E-state index in [4.69, 9.17) is 9.72 Å². The van der Waals surface area contributed by atoms with Gasteiger partial charge in [0.1, 0.15) is 11.6 Å². The number of allylic oxidation sites excluding steroid dienone is 1. The van der Waals surface area contributed by atoms with Crippen molar-refractivity contribution >= 4 is 52.0 Å². The summed E-state index contributed by atoms with van der Waals surface area (Å²) in [4.78, 5) is 23.7. The van der Waals surface area contributed by atoms with E-state index in [2.05, 4.69) is 60.4 Å². The third kappa shape index (κ3) is 5.80. The molecule has 5 aromatic rings. The summed E-state index contributed by atoms with van der Waals surface area (Å²) < 4.78 is 5.52. The minimum atomic E-state index is 0.726. The number of aryl methyl sites for hydroxylation is 1. The van der Waals surface area contributed by atoms with E-state index < -0.39 is 0 Å². The maximum atomic E-state index is 5.52. The Morgan fingerprint density at radius 2 is 1.88 bits per heavy atom. The highest BCUT2D eigenvalue weighted by Crippen LogP contribution is 2.32. The van der Waals surface area contributed by atoms with Gasteiger partial charge in [0, 0.05) is 65.1 Å². The highest BCUT2D eigenvalue weighted by atomic mass is 16.5. The number of benzene rings is 2. The molecule has 41 heavy (non-hydrogen) atoms. The van der Waals surface area contributed by atoms with Gasteiger partial charge in [-0.05, 0) is 81.2 Å². The molecule has 0 aliphatic carbocycles. The van der Waals surface area contributed by atoms with Crippen LogP contribution in [0.3, 0.4) is 0 Å². The van der Waals surface area contributed by atoms with Crippen molar-refractivity contribution in [3.8, 4) is 11.4 Å². The Labute approximate surface area is 239 Å². The van der Waals surface area contributed by atoms with Crippen molar-refractivity contribution in [1.29, 1.82) is 0 Å². The van der Waals surface area contributed by atoms with E-state index in [-0.39, 0.29) is 0 Å². The van der Waals surface area contributed by atoms with Gasteiger partial charge in [0.05, 0.1) is 29.9 Å². The highest BCUT2D eigenvalue weighted by molar-refractivity contribution is 5.85. The largest absolute Gasteiger partial charge is 0.378 e. The highest BCUT2D eigenvalue weighted by Gasteiger charge is 2.15. The summed E-state index contributed by atoms with van der Waals surface area (Å²) in [5.41, 5.74) is 9.50. The lowest BCUT2D eigenvalue weighted by atomic mass is 10.1. The molecular weight excluding hydrogens is 512 g/mol. The molecule has 0 saturated carbocycles.